The van der Waals surface area contributed by atoms with Gasteiger partial charge in [-0.05, 0) is 42.0 Å². The highest BCUT2D eigenvalue weighted by atomic mass is 35.5. The molecule has 0 radical (unpaired) electrons. The molecule has 1 atom stereocenters. The Morgan fingerprint density at radius 1 is 1.38 bits per heavy atom. The van der Waals surface area contributed by atoms with E-state index in [0.29, 0.717) is 36.2 Å². The van der Waals surface area contributed by atoms with Crippen LogP contribution in [0.5, 0.6) is 0 Å². The minimum atomic E-state index is -0.496. The van der Waals surface area contributed by atoms with E-state index in [0.717, 1.165) is 22.6 Å². The van der Waals surface area contributed by atoms with Crippen LogP contribution in [0.3, 0.4) is 0 Å². The van der Waals surface area contributed by atoms with E-state index in [4.69, 9.17) is 17.3 Å². The van der Waals surface area contributed by atoms with Crippen molar-refractivity contribution < 1.29 is 4.79 Å². The molecule has 8 nitrogen and oxygen atoms in total. The third-order valence-corrected chi connectivity index (χ3v) is 7.00. The molecule has 3 aromatic heterocycles. The molecule has 32 heavy (non-hydrogen) atoms. The van der Waals surface area contributed by atoms with Gasteiger partial charge in [0, 0.05) is 28.8 Å². The van der Waals surface area contributed by atoms with Crippen LogP contribution < -0.4 is 10.6 Å². The number of carbonyl (C=O) groups excluding carboxylic acids is 1. The number of allylic oxidation sites excluding steroid dienone is 3. The van der Waals surface area contributed by atoms with Crippen LogP contribution in [-0.4, -0.2) is 25.5 Å². The van der Waals surface area contributed by atoms with Crippen molar-refractivity contribution >= 4 is 34.4 Å². The number of Topliss-reactive ketones (excluding diaryl/α,β-unsaturated/α-hetero) is 1. The van der Waals surface area contributed by atoms with Gasteiger partial charge in [-0.3, -0.25) is 9.69 Å². The number of halogens is 1. The highest BCUT2D eigenvalue weighted by Crippen LogP contribution is 2.48. The molecule has 5 rings (SSSR count). The fourth-order valence-corrected chi connectivity index (χ4v) is 5.55. The molecule has 0 spiro atoms. The maximum atomic E-state index is 13.2. The maximum absolute atomic E-state index is 13.2. The summed E-state index contributed by atoms with van der Waals surface area (Å²) in [7, 11) is 0. The van der Waals surface area contributed by atoms with Crippen molar-refractivity contribution in [3.63, 3.8) is 0 Å². The van der Waals surface area contributed by atoms with Gasteiger partial charge >= 0.3 is 0 Å². The Balaban J connectivity index is 1.64. The van der Waals surface area contributed by atoms with Crippen molar-refractivity contribution in [1.29, 1.82) is 5.26 Å². The fourth-order valence-electron chi connectivity index (χ4n) is 4.32. The lowest BCUT2D eigenvalue weighted by atomic mass is 9.78. The van der Waals surface area contributed by atoms with Crippen LogP contribution in [0.15, 0.2) is 65.1 Å². The van der Waals surface area contributed by atoms with Crippen LogP contribution in [0, 0.1) is 11.3 Å². The third-order valence-electron chi connectivity index (χ3n) is 5.66. The number of carbonyl (C=O) groups is 1. The Morgan fingerprint density at radius 3 is 3.00 bits per heavy atom. The predicted molar refractivity (Wildman–Crippen MR) is 121 cm³/mol. The summed E-state index contributed by atoms with van der Waals surface area (Å²) < 4.78 is 1.73. The number of ketones is 1. The fraction of sp³-hybridized carbons (Fsp3) is 0.227. The van der Waals surface area contributed by atoms with Crippen LogP contribution in [0.25, 0.3) is 0 Å². The van der Waals surface area contributed by atoms with Crippen LogP contribution in [0.4, 0.5) is 5.69 Å². The van der Waals surface area contributed by atoms with Crippen molar-refractivity contribution in [1.82, 2.24) is 19.7 Å². The van der Waals surface area contributed by atoms with E-state index in [1.807, 2.05) is 11.4 Å². The van der Waals surface area contributed by atoms with Crippen LogP contribution >= 0.6 is 22.9 Å². The normalized spacial score (nSPS) is 18.7. The van der Waals surface area contributed by atoms with E-state index >= 15 is 0 Å². The van der Waals surface area contributed by atoms with Crippen molar-refractivity contribution in [2.24, 2.45) is 5.73 Å². The van der Waals surface area contributed by atoms with E-state index in [1.54, 1.807) is 34.2 Å². The number of aromatic nitrogens is 4. The monoisotopic (exact) mass is 463 g/mol. The summed E-state index contributed by atoms with van der Waals surface area (Å²) in [4.78, 5) is 23.9. The van der Waals surface area contributed by atoms with Gasteiger partial charge in [0.25, 0.3) is 0 Å². The Morgan fingerprint density at radius 2 is 2.25 bits per heavy atom. The molecule has 1 aliphatic carbocycles. The first-order chi connectivity index (χ1) is 15.6. The molecule has 0 unspecified atom stereocenters. The number of thiophene rings is 1. The molecule has 1 aliphatic heterocycles. The molecule has 4 heterocycles. The first-order valence-electron chi connectivity index (χ1n) is 10.0. The van der Waals surface area contributed by atoms with Crippen molar-refractivity contribution in [3.05, 3.63) is 80.7 Å². The molecule has 2 aliphatic rings. The lowest BCUT2D eigenvalue weighted by Crippen LogP contribution is -2.38. The first-order valence-corrected chi connectivity index (χ1v) is 11.3. The average Bonchev–Trinajstić information content (AvgIpc) is 3.47. The van der Waals surface area contributed by atoms with Gasteiger partial charge in [0.1, 0.15) is 18.5 Å². The Bertz CT molecular complexity index is 1300. The molecular weight excluding hydrogens is 446 g/mol. The topological polar surface area (TPSA) is 114 Å². The molecule has 160 valence electrons. The maximum Gasteiger partial charge on any atom is 0.161 e. The van der Waals surface area contributed by atoms with Crippen molar-refractivity contribution in [2.45, 2.75) is 31.7 Å². The van der Waals surface area contributed by atoms with Crippen LogP contribution in [0.2, 0.25) is 5.15 Å². The second-order valence-corrected chi connectivity index (χ2v) is 8.88. The summed E-state index contributed by atoms with van der Waals surface area (Å²) in [6.45, 7) is 0.557. The van der Waals surface area contributed by atoms with Gasteiger partial charge in [-0.15, -0.1) is 11.3 Å². The standard InChI is InChI=1S/C22H18ClN7OS/c23-21-16(4-2-6-27-21)30-15-3-1-5-17(31)20(15)19(14(8-24)22(30)25)18-7-13(10-32-18)9-29-12-26-11-28-29/h2,4,6-7,10-12,19H,1,3,5,9,25H2/t19-/m1/s1. The third kappa shape index (κ3) is 3.38. The lowest BCUT2D eigenvalue weighted by molar-refractivity contribution is -0.116. The van der Waals surface area contributed by atoms with Gasteiger partial charge in [0.15, 0.2) is 10.9 Å². The minimum absolute atomic E-state index is 0.0349. The minimum Gasteiger partial charge on any atom is -0.384 e. The van der Waals surface area contributed by atoms with Gasteiger partial charge in [-0.1, -0.05) is 11.6 Å². The highest BCUT2D eigenvalue weighted by Gasteiger charge is 2.41. The van der Waals surface area contributed by atoms with Gasteiger partial charge in [-0.25, -0.2) is 14.6 Å². The molecular formula is C22H18ClN7OS. The number of hydrogen-bond donors (Lipinski definition) is 1. The molecule has 2 N–H and O–H groups in total. The second kappa shape index (κ2) is 8.22. The average molecular weight is 464 g/mol. The Labute approximate surface area is 193 Å². The number of nitrogens with zero attached hydrogens (tertiary/aromatic N) is 6. The molecule has 0 aromatic carbocycles. The summed E-state index contributed by atoms with van der Waals surface area (Å²) >= 11 is 7.88. The molecule has 0 bridgehead atoms. The number of rotatable bonds is 4. The van der Waals surface area contributed by atoms with E-state index < -0.39 is 5.92 Å². The number of anilines is 1. The van der Waals surface area contributed by atoms with Crippen molar-refractivity contribution in [2.75, 3.05) is 4.90 Å². The lowest BCUT2D eigenvalue weighted by Gasteiger charge is -2.39. The zero-order valence-electron chi connectivity index (χ0n) is 16.9. The number of hydrogen-bond acceptors (Lipinski definition) is 8. The molecule has 0 fully saturated rings. The van der Waals surface area contributed by atoms with Gasteiger partial charge in [0.2, 0.25) is 0 Å². The van der Waals surface area contributed by atoms with Gasteiger partial charge in [-0.2, -0.15) is 10.4 Å². The van der Waals surface area contributed by atoms with Gasteiger partial charge in [0.05, 0.1) is 29.8 Å². The van der Waals surface area contributed by atoms with Crippen LogP contribution in [0.1, 0.15) is 35.6 Å². The van der Waals surface area contributed by atoms with E-state index in [9.17, 15) is 10.1 Å². The summed E-state index contributed by atoms with van der Waals surface area (Å²) in [6, 6.07) is 7.84. The summed E-state index contributed by atoms with van der Waals surface area (Å²) in [5.74, 6) is -0.177. The zero-order chi connectivity index (χ0) is 22.2. The van der Waals surface area contributed by atoms with Gasteiger partial charge < -0.3 is 5.73 Å². The first kappa shape index (κ1) is 20.4. The van der Waals surface area contributed by atoms with Crippen molar-refractivity contribution in [3.8, 4) is 6.07 Å². The number of pyridine rings is 1. The smallest absolute Gasteiger partial charge is 0.161 e. The second-order valence-electron chi connectivity index (χ2n) is 7.58. The molecule has 0 saturated heterocycles. The predicted octanol–water partition coefficient (Wildman–Crippen LogP) is 3.74. The van der Waals surface area contributed by atoms with E-state index in [2.05, 4.69) is 21.1 Å². The molecule has 0 amide bonds. The zero-order valence-corrected chi connectivity index (χ0v) is 18.5. The number of nitrogens with two attached hydrogens (primary N) is 1. The number of nitriles is 1. The molecule has 3 aromatic rings. The Kier molecular flexibility index (Phi) is 5.25. The van der Waals surface area contributed by atoms with Crippen LogP contribution in [-0.2, 0) is 11.3 Å². The highest BCUT2D eigenvalue weighted by molar-refractivity contribution is 7.10. The SMILES string of the molecule is N#CC1=C(N)N(c2cccnc2Cl)C2=C(C(=O)CCC2)[C@H]1c1cc(Cn2cncn2)cs1. The summed E-state index contributed by atoms with van der Waals surface area (Å²) in [5, 5.41) is 16.5. The molecule has 10 heteroatoms. The Hall–Kier alpha value is -3.48. The molecule has 0 saturated carbocycles. The summed E-state index contributed by atoms with van der Waals surface area (Å²) in [6.07, 6.45) is 6.56. The summed E-state index contributed by atoms with van der Waals surface area (Å²) in [5.41, 5.74) is 9.91. The van der Waals surface area contributed by atoms with E-state index in [1.165, 1.54) is 17.7 Å². The quantitative estimate of drug-likeness (QED) is 0.586. The van der Waals surface area contributed by atoms with E-state index in [-0.39, 0.29) is 16.8 Å². The largest absolute Gasteiger partial charge is 0.384 e.